The zero-order valence-corrected chi connectivity index (χ0v) is 28.5. The molecule has 0 spiro atoms. The van der Waals surface area contributed by atoms with Crippen molar-refractivity contribution in [2.45, 2.75) is 46.6 Å². The molecule has 0 amide bonds. The van der Waals surface area contributed by atoms with E-state index in [1.54, 1.807) is 17.6 Å². The molecule has 0 aliphatic carbocycles. The molecule has 1 atom stereocenters. The third-order valence-electron chi connectivity index (χ3n) is 8.21. The van der Waals surface area contributed by atoms with Crippen molar-refractivity contribution in [3.8, 4) is 5.69 Å². The normalized spacial score (nSPS) is 14.9. The lowest BCUT2D eigenvalue weighted by Gasteiger charge is -2.26. The first-order valence-corrected chi connectivity index (χ1v) is 16.7. The van der Waals surface area contributed by atoms with Crippen molar-refractivity contribution in [2.75, 3.05) is 6.61 Å². The van der Waals surface area contributed by atoms with Crippen molar-refractivity contribution in [1.82, 2.24) is 9.13 Å². The summed E-state index contributed by atoms with van der Waals surface area (Å²) in [6.45, 7) is 10.2. The van der Waals surface area contributed by atoms with Crippen molar-refractivity contribution in [1.29, 1.82) is 0 Å². The van der Waals surface area contributed by atoms with Crippen molar-refractivity contribution in [3.05, 3.63) is 148 Å². The van der Waals surface area contributed by atoms with Gasteiger partial charge in [-0.15, -0.1) is 0 Å². The molecule has 5 aromatic rings. The third kappa shape index (κ3) is 5.79. The number of thiazole rings is 1. The first-order chi connectivity index (χ1) is 22.1. The molecule has 9 heteroatoms. The second kappa shape index (κ2) is 12.9. The molecule has 6 rings (SSSR count). The summed E-state index contributed by atoms with van der Waals surface area (Å²) in [6, 6.07) is 24.5. The van der Waals surface area contributed by atoms with Gasteiger partial charge in [0.2, 0.25) is 0 Å². The highest BCUT2D eigenvalue weighted by Gasteiger charge is 2.35. The van der Waals surface area contributed by atoms with Crippen LogP contribution in [0.4, 0.5) is 0 Å². The summed E-state index contributed by atoms with van der Waals surface area (Å²) in [5, 5.41) is 0.953. The predicted molar refractivity (Wildman–Crippen MR) is 187 cm³/mol. The van der Waals surface area contributed by atoms with E-state index in [-0.39, 0.29) is 12.2 Å². The van der Waals surface area contributed by atoms with Gasteiger partial charge in [-0.05, 0) is 73.7 Å². The van der Waals surface area contributed by atoms with E-state index in [9.17, 15) is 9.59 Å². The van der Waals surface area contributed by atoms with Crippen LogP contribution in [0.2, 0.25) is 10.0 Å². The van der Waals surface area contributed by atoms with Gasteiger partial charge in [0.1, 0.15) is 0 Å². The standard InChI is InChI=1S/C37H33Cl2N3O3S/c1-6-45-36(44)32-33(25-10-8-7-9-11-25)40-37-42(34(32)26-14-12-24(13-15-26)21(2)3)35(43)31(46-37)19-27-18-22(4)41(23(27)5)28-16-17-29(38)30(39)20-28/h7-21,34H,6H2,1-5H3/b31-19-/t34-/m1/s1. The molecule has 2 aromatic heterocycles. The maximum Gasteiger partial charge on any atom is 0.338 e. The summed E-state index contributed by atoms with van der Waals surface area (Å²) in [7, 11) is 0. The van der Waals surface area contributed by atoms with E-state index in [1.807, 2.05) is 80.6 Å². The first-order valence-electron chi connectivity index (χ1n) is 15.1. The van der Waals surface area contributed by atoms with Crippen molar-refractivity contribution < 1.29 is 9.53 Å². The summed E-state index contributed by atoms with van der Waals surface area (Å²) in [4.78, 5) is 33.6. The molecule has 1 aliphatic rings. The highest BCUT2D eigenvalue weighted by molar-refractivity contribution is 7.07. The number of rotatable bonds is 7. The van der Waals surface area contributed by atoms with Crippen molar-refractivity contribution in [3.63, 3.8) is 0 Å². The molecule has 0 saturated heterocycles. The Bertz CT molecular complexity index is 2180. The van der Waals surface area contributed by atoms with Crippen LogP contribution >= 0.6 is 34.5 Å². The molecule has 234 valence electrons. The van der Waals surface area contributed by atoms with Crippen molar-refractivity contribution >= 4 is 52.3 Å². The van der Waals surface area contributed by atoms with Gasteiger partial charge in [0.15, 0.2) is 4.80 Å². The highest BCUT2D eigenvalue weighted by atomic mass is 35.5. The Morgan fingerprint density at radius 2 is 1.72 bits per heavy atom. The average Bonchev–Trinajstić information content (AvgIpc) is 3.51. The van der Waals surface area contributed by atoms with Gasteiger partial charge >= 0.3 is 5.97 Å². The van der Waals surface area contributed by atoms with Crippen LogP contribution in [0.1, 0.15) is 66.4 Å². The molecular weight excluding hydrogens is 637 g/mol. The SMILES string of the molecule is CCOC(=O)C1=C(c2ccccc2)N=c2s/c(=C\c3cc(C)n(-c4ccc(Cl)c(Cl)c4)c3C)c(=O)n2[C@@H]1c1ccc(C(C)C)cc1. The van der Waals surface area contributed by atoms with Gasteiger partial charge in [0.05, 0.1) is 38.5 Å². The van der Waals surface area contributed by atoms with Crippen LogP contribution in [0.15, 0.2) is 94.2 Å². The molecule has 0 fully saturated rings. The number of fused-ring (bicyclic) bond motifs is 1. The number of halogens is 2. The van der Waals surface area contributed by atoms with E-state index in [2.05, 4.69) is 30.5 Å². The Hall–Kier alpha value is -4.17. The van der Waals surface area contributed by atoms with Gasteiger partial charge in [-0.1, -0.05) is 103 Å². The minimum absolute atomic E-state index is 0.197. The van der Waals surface area contributed by atoms with E-state index < -0.39 is 12.0 Å². The Labute approximate surface area is 281 Å². The molecular formula is C37H33Cl2N3O3S. The summed E-state index contributed by atoms with van der Waals surface area (Å²) in [5.41, 5.74) is 7.05. The Balaban J connectivity index is 1.59. The van der Waals surface area contributed by atoms with E-state index in [1.165, 1.54) is 16.9 Å². The lowest BCUT2D eigenvalue weighted by atomic mass is 9.91. The second-order valence-electron chi connectivity index (χ2n) is 11.5. The molecule has 3 aromatic carbocycles. The van der Waals surface area contributed by atoms with Gasteiger partial charge in [-0.25, -0.2) is 9.79 Å². The second-order valence-corrected chi connectivity index (χ2v) is 13.3. The van der Waals surface area contributed by atoms with E-state index in [0.717, 1.165) is 33.8 Å². The Morgan fingerprint density at radius 3 is 2.37 bits per heavy atom. The topological polar surface area (TPSA) is 65.6 Å². The van der Waals surface area contributed by atoms with E-state index >= 15 is 0 Å². The highest BCUT2D eigenvalue weighted by Crippen LogP contribution is 2.36. The summed E-state index contributed by atoms with van der Waals surface area (Å²) >= 11 is 13.8. The molecule has 0 bridgehead atoms. The van der Waals surface area contributed by atoms with Gasteiger partial charge in [0, 0.05) is 22.6 Å². The quantitative estimate of drug-likeness (QED) is 0.166. The fourth-order valence-electron chi connectivity index (χ4n) is 5.92. The molecule has 0 saturated carbocycles. The average molecular weight is 671 g/mol. The number of carbonyl (C=O) groups excluding carboxylic acids is 1. The molecule has 6 nitrogen and oxygen atoms in total. The number of hydrogen-bond acceptors (Lipinski definition) is 5. The minimum atomic E-state index is -0.725. The summed E-state index contributed by atoms with van der Waals surface area (Å²) in [6.07, 6.45) is 1.90. The van der Waals surface area contributed by atoms with Gasteiger partial charge in [-0.3, -0.25) is 9.36 Å². The number of esters is 1. The molecule has 0 N–H and O–H groups in total. The number of nitrogens with zero attached hydrogens (tertiary/aromatic N) is 3. The fraction of sp³-hybridized carbons (Fsp3) is 0.216. The van der Waals surface area contributed by atoms with Crippen LogP contribution in [0.5, 0.6) is 0 Å². The number of carbonyl (C=O) groups is 1. The van der Waals surface area contributed by atoms with Gasteiger partial charge in [0.25, 0.3) is 5.56 Å². The van der Waals surface area contributed by atoms with E-state index in [4.69, 9.17) is 32.9 Å². The maximum atomic E-state index is 14.4. The van der Waals surface area contributed by atoms with Crippen LogP contribution in [-0.2, 0) is 9.53 Å². The fourth-order valence-corrected chi connectivity index (χ4v) is 7.20. The third-order valence-corrected chi connectivity index (χ3v) is 9.93. The van der Waals surface area contributed by atoms with Crippen LogP contribution in [0.25, 0.3) is 17.5 Å². The summed E-state index contributed by atoms with van der Waals surface area (Å²) < 4.78 is 9.82. The van der Waals surface area contributed by atoms with Crippen molar-refractivity contribution in [2.24, 2.45) is 4.99 Å². The largest absolute Gasteiger partial charge is 0.463 e. The molecule has 46 heavy (non-hydrogen) atoms. The number of hydrogen-bond donors (Lipinski definition) is 0. The van der Waals surface area contributed by atoms with Crippen LogP contribution < -0.4 is 14.9 Å². The Morgan fingerprint density at radius 1 is 1.00 bits per heavy atom. The van der Waals surface area contributed by atoms with Crippen LogP contribution in [0.3, 0.4) is 0 Å². The number of benzene rings is 3. The lowest BCUT2D eigenvalue weighted by molar-refractivity contribution is -0.138. The minimum Gasteiger partial charge on any atom is -0.463 e. The first kappa shape index (κ1) is 31.8. The maximum absolute atomic E-state index is 14.4. The Kier molecular flexibility index (Phi) is 8.92. The molecule has 0 unspecified atom stereocenters. The number of ether oxygens (including phenoxy) is 1. The smallest absolute Gasteiger partial charge is 0.338 e. The monoisotopic (exact) mass is 669 g/mol. The zero-order chi connectivity index (χ0) is 32.7. The zero-order valence-electron chi connectivity index (χ0n) is 26.2. The predicted octanol–water partition coefficient (Wildman–Crippen LogP) is 7.77. The number of aromatic nitrogens is 2. The van der Waals surface area contributed by atoms with E-state index in [0.29, 0.717) is 36.6 Å². The lowest BCUT2D eigenvalue weighted by Crippen LogP contribution is -2.40. The summed E-state index contributed by atoms with van der Waals surface area (Å²) in [5.74, 6) is -0.165. The van der Waals surface area contributed by atoms with Crippen LogP contribution in [0, 0.1) is 13.8 Å². The molecule has 3 heterocycles. The van der Waals surface area contributed by atoms with Gasteiger partial charge in [-0.2, -0.15) is 0 Å². The number of aryl methyl sites for hydroxylation is 1. The molecule has 0 radical (unpaired) electrons. The molecule has 1 aliphatic heterocycles. The van der Waals surface area contributed by atoms with Crippen LogP contribution in [-0.4, -0.2) is 21.7 Å². The van der Waals surface area contributed by atoms with Gasteiger partial charge < -0.3 is 9.30 Å².